The van der Waals surface area contributed by atoms with Gasteiger partial charge in [0.15, 0.2) is 0 Å². The number of aliphatic hydroxyl groups is 3. The highest BCUT2D eigenvalue weighted by molar-refractivity contribution is 5.97. The number of hydrogen-bond donors (Lipinski definition) is 5. The molecule has 0 heterocycles. The quantitative estimate of drug-likeness (QED) is 0.132. The molecule has 0 unspecified atom stereocenters. The van der Waals surface area contributed by atoms with E-state index in [2.05, 4.69) is 10.6 Å². The van der Waals surface area contributed by atoms with Crippen LogP contribution in [0.5, 0.6) is 5.75 Å². The molecule has 2 aliphatic rings. The molecule has 0 spiro atoms. The zero-order valence-corrected chi connectivity index (χ0v) is 29.2. The van der Waals surface area contributed by atoms with Crippen molar-refractivity contribution in [1.82, 2.24) is 10.6 Å². The Kier molecular flexibility index (Phi) is 15.8. The summed E-state index contributed by atoms with van der Waals surface area (Å²) in [6, 6.07) is 13.0. The van der Waals surface area contributed by atoms with Gasteiger partial charge in [-0.3, -0.25) is 9.59 Å². The number of nitrogens with one attached hydrogen (secondary N) is 2. The molecular weight excluding hydrogens is 628 g/mol. The molecule has 2 aromatic carbocycles. The Labute approximate surface area is 290 Å². The van der Waals surface area contributed by atoms with Crippen molar-refractivity contribution in [3.05, 3.63) is 65.2 Å². The number of para-hydroxylation sites is 1. The molecule has 2 amide bonds. The maximum absolute atomic E-state index is 13.8. The van der Waals surface area contributed by atoms with Gasteiger partial charge in [-0.25, -0.2) is 0 Å². The van der Waals surface area contributed by atoms with E-state index in [0.29, 0.717) is 57.2 Å². The number of benzene rings is 2. The average Bonchev–Trinajstić information content (AvgIpc) is 3.41. The van der Waals surface area contributed by atoms with Crippen LogP contribution in [0.15, 0.2) is 48.5 Å². The lowest BCUT2D eigenvalue weighted by Gasteiger charge is -2.36. The fraction of sp³-hybridized carbons (Fsp3) is 0.632. The molecule has 4 rings (SSSR count). The average molecular weight is 685 g/mol. The van der Waals surface area contributed by atoms with Gasteiger partial charge in [-0.1, -0.05) is 82.3 Å². The summed E-state index contributed by atoms with van der Waals surface area (Å²) in [5.41, 5.74) is 2.12. The molecule has 11 nitrogen and oxygen atoms in total. The lowest BCUT2D eigenvalue weighted by Crippen LogP contribution is -2.55. The topological polar surface area (TPSA) is 156 Å². The Hall–Kier alpha value is -3.06. The van der Waals surface area contributed by atoms with E-state index in [9.17, 15) is 24.9 Å². The molecule has 0 saturated heterocycles. The van der Waals surface area contributed by atoms with Gasteiger partial charge in [0.2, 0.25) is 5.91 Å². The van der Waals surface area contributed by atoms with Gasteiger partial charge in [-0.05, 0) is 41.5 Å². The predicted molar refractivity (Wildman–Crippen MR) is 185 cm³/mol. The van der Waals surface area contributed by atoms with Crippen LogP contribution < -0.4 is 15.4 Å². The van der Waals surface area contributed by atoms with E-state index in [1.165, 1.54) is 0 Å². The molecule has 272 valence electrons. The van der Waals surface area contributed by atoms with Crippen LogP contribution in [0.25, 0.3) is 0 Å². The standard InChI is InChI=1S/C38H56N2O9/c1-25(2)33(38(45)40-34-28-14-8-7-13-27(28)24-31(34)41)36(43)35(42)30(23-26-11-5-4-6-12-26)39-37(44)29-15-9-10-16-32(29)49-22-21-48-20-19-47-18-17-46-3/h7-10,13-16,25-26,30-31,33-36,41-43H,4-6,11-12,17-24H2,1-3H3,(H,39,44)(H,40,45)/t30-,31+,33+,34-,35+,36+/m0/s1. The monoisotopic (exact) mass is 684 g/mol. The summed E-state index contributed by atoms with van der Waals surface area (Å²) in [7, 11) is 1.62. The maximum Gasteiger partial charge on any atom is 0.255 e. The van der Waals surface area contributed by atoms with Crippen molar-refractivity contribution in [3.8, 4) is 5.75 Å². The van der Waals surface area contributed by atoms with Crippen LogP contribution in [0.2, 0.25) is 0 Å². The SMILES string of the molecule is COCCOCCOCCOc1ccccc1C(=O)N[C@@H](CC1CCCCC1)[C@@H](O)[C@H](O)[C@H](C(=O)N[C@H]1c2ccccc2C[C@H]1O)C(C)C. The van der Waals surface area contributed by atoms with Crippen molar-refractivity contribution in [2.24, 2.45) is 17.8 Å². The number of rotatable bonds is 20. The Morgan fingerprint density at radius 3 is 2.22 bits per heavy atom. The van der Waals surface area contributed by atoms with Gasteiger partial charge in [-0.15, -0.1) is 0 Å². The first-order valence-electron chi connectivity index (χ1n) is 17.8. The van der Waals surface area contributed by atoms with E-state index in [1.807, 2.05) is 38.1 Å². The fourth-order valence-corrected chi connectivity index (χ4v) is 7.07. The third-order valence-electron chi connectivity index (χ3n) is 9.70. The first-order valence-corrected chi connectivity index (χ1v) is 17.8. The second-order valence-electron chi connectivity index (χ2n) is 13.6. The molecule has 1 saturated carbocycles. The number of amides is 2. The molecule has 0 aromatic heterocycles. The minimum absolute atomic E-state index is 0.223. The van der Waals surface area contributed by atoms with Crippen molar-refractivity contribution < 1.29 is 43.9 Å². The van der Waals surface area contributed by atoms with Crippen LogP contribution in [-0.2, 0) is 25.4 Å². The number of methoxy groups -OCH3 is 1. The number of hydrogen-bond acceptors (Lipinski definition) is 9. The number of aliphatic hydroxyl groups excluding tert-OH is 3. The van der Waals surface area contributed by atoms with Crippen molar-refractivity contribution in [2.75, 3.05) is 46.8 Å². The normalized spacial score (nSPS) is 20.3. The van der Waals surface area contributed by atoms with Gasteiger partial charge >= 0.3 is 0 Å². The lowest BCUT2D eigenvalue weighted by atomic mass is 9.79. The number of carbonyl (C=O) groups is 2. The van der Waals surface area contributed by atoms with Gasteiger partial charge in [-0.2, -0.15) is 0 Å². The number of carbonyl (C=O) groups excluding carboxylic acids is 2. The van der Waals surface area contributed by atoms with E-state index in [4.69, 9.17) is 18.9 Å². The molecule has 0 radical (unpaired) electrons. The van der Waals surface area contributed by atoms with Crippen molar-refractivity contribution >= 4 is 11.8 Å². The van der Waals surface area contributed by atoms with E-state index < -0.39 is 48.1 Å². The van der Waals surface area contributed by atoms with Crippen LogP contribution in [0.4, 0.5) is 0 Å². The van der Waals surface area contributed by atoms with Crippen molar-refractivity contribution in [1.29, 1.82) is 0 Å². The van der Waals surface area contributed by atoms with E-state index in [-0.39, 0.29) is 18.4 Å². The molecule has 2 aromatic rings. The fourth-order valence-electron chi connectivity index (χ4n) is 7.07. The lowest BCUT2D eigenvalue weighted by molar-refractivity contribution is -0.137. The summed E-state index contributed by atoms with van der Waals surface area (Å²) in [5.74, 6) is -1.57. The molecule has 5 N–H and O–H groups in total. The predicted octanol–water partition coefficient (Wildman–Crippen LogP) is 3.58. The van der Waals surface area contributed by atoms with Gasteiger partial charge in [0, 0.05) is 13.5 Å². The maximum atomic E-state index is 13.8. The minimum Gasteiger partial charge on any atom is -0.490 e. The Bertz CT molecular complexity index is 1300. The highest BCUT2D eigenvalue weighted by atomic mass is 16.6. The summed E-state index contributed by atoms with van der Waals surface area (Å²) in [5, 5.41) is 40.1. The van der Waals surface area contributed by atoms with Crippen molar-refractivity contribution in [2.45, 2.75) is 89.2 Å². The third kappa shape index (κ3) is 11.2. The molecule has 6 atom stereocenters. The zero-order chi connectivity index (χ0) is 35.2. The Morgan fingerprint density at radius 1 is 0.857 bits per heavy atom. The van der Waals surface area contributed by atoms with Gasteiger partial charge < -0.3 is 44.9 Å². The zero-order valence-electron chi connectivity index (χ0n) is 29.2. The number of fused-ring (bicyclic) bond motifs is 1. The van der Waals surface area contributed by atoms with E-state index in [1.54, 1.807) is 31.4 Å². The highest BCUT2D eigenvalue weighted by Crippen LogP contribution is 2.33. The first kappa shape index (κ1) is 38.7. The third-order valence-corrected chi connectivity index (χ3v) is 9.70. The van der Waals surface area contributed by atoms with Crippen LogP contribution in [-0.4, -0.2) is 98.2 Å². The second-order valence-corrected chi connectivity index (χ2v) is 13.6. The summed E-state index contributed by atoms with van der Waals surface area (Å²) in [6.45, 7) is 6.03. The molecule has 49 heavy (non-hydrogen) atoms. The molecule has 1 fully saturated rings. The molecule has 0 bridgehead atoms. The van der Waals surface area contributed by atoms with Crippen LogP contribution in [0.1, 0.15) is 79.9 Å². The summed E-state index contributed by atoms with van der Waals surface area (Å²) in [6.07, 6.45) is 2.46. The molecule has 0 aliphatic heterocycles. The summed E-state index contributed by atoms with van der Waals surface area (Å²) >= 11 is 0. The van der Waals surface area contributed by atoms with Crippen molar-refractivity contribution in [3.63, 3.8) is 0 Å². The summed E-state index contributed by atoms with van der Waals surface area (Å²) < 4.78 is 21.8. The highest BCUT2D eigenvalue weighted by Gasteiger charge is 2.41. The van der Waals surface area contributed by atoms with Gasteiger partial charge in [0.25, 0.3) is 5.91 Å². The molecular formula is C38H56N2O9. The number of ether oxygens (including phenoxy) is 4. The molecule has 2 aliphatic carbocycles. The van der Waals surface area contributed by atoms with Gasteiger partial charge in [0.1, 0.15) is 18.5 Å². The van der Waals surface area contributed by atoms with Crippen LogP contribution in [0, 0.1) is 17.8 Å². The Morgan fingerprint density at radius 2 is 1.51 bits per heavy atom. The minimum atomic E-state index is -1.47. The van der Waals surface area contributed by atoms with E-state index >= 15 is 0 Å². The Balaban J connectivity index is 1.43. The smallest absolute Gasteiger partial charge is 0.255 e. The van der Waals surface area contributed by atoms with E-state index in [0.717, 1.165) is 43.2 Å². The van der Waals surface area contributed by atoms with Crippen LogP contribution >= 0.6 is 0 Å². The molecule has 11 heteroatoms. The second kappa shape index (κ2) is 20.0. The largest absolute Gasteiger partial charge is 0.490 e. The summed E-state index contributed by atoms with van der Waals surface area (Å²) in [4.78, 5) is 27.5. The van der Waals surface area contributed by atoms with Crippen LogP contribution in [0.3, 0.4) is 0 Å². The first-order chi connectivity index (χ1) is 23.7. The van der Waals surface area contributed by atoms with Gasteiger partial charge in [0.05, 0.1) is 68.8 Å².